The van der Waals surface area contributed by atoms with Crippen molar-refractivity contribution in [3.8, 4) is 0 Å². The van der Waals surface area contributed by atoms with Crippen molar-refractivity contribution < 1.29 is 9.53 Å². The SMILES string of the molecule is CC[C@@H](C)[C@@H](C(=O)OC)C(C)C. The lowest BCUT2D eigenvalue weighted by atomic mass is 9.83. The van der Waals surface area contributed by atoms with Crippen LogP contribution in [0.5, 0.6) is 0 Å². The zero-order valence-electron chi connectivity index (χ0n) is 8.76. The fourth-order valence-electron chi connectivity index (χ4n) is 1.55. The van der Waals surface area contributed by atoms with E-state index in [0.29, 0.717) is 11.8 Å². The minimum atomic E-state index is -0.0700. The first kappa shape index (κ1) is 11.5. The standard InChI is InChI=1S/C10H20O2/c1-6-8(4)9(7(2)3)10(11)12-5/h7-9H,6H2,1-5H3/t8-,9+/m1/s1. The van der Waals surface area contributed by atoms with E-state index in [4.69, 9.17) is 4.74 Å². The predicted molar refractivity (Wildman–Crippen MR) is 49.8 cm³/mol. The third-order valence-corrected chi connectivity index (χ3v) is 2.45. The zero-order chi connectivity index (χ0) is 9.72. The molecule has 12 heavy (non-hydrogen) atoms. The minimum absolute atomic E-state index is 0.0556. The molecule has 2 nitrogen and oxygen atoms in total. The van der Waals surface area contributed by atoms with Gasteiger partial charge in [-0.15, -0.1) is 0 Å². The second kappa shape index (κ2) is 5.18. The topological polar surface area (TPSA) is 26.3 Å². The molecule has 2 heteroatoms. The first-order chi connectivity index (χ1) is 5.54. The number of hydrogen-bond acceptors (Lipinski definition) is 2. The summed E-state index contributed by atoms with van der Waals surface area (Å²) in [6.07, 6.45) is 1.03. The van der Waals surface area contributed by atoms with Crippen LogP contribution in [-0.2, 0) is 9.53 Å². The number of methoxy groups -OCH3 is 1. The Balaban J connectivity index is 4.32. The number of ether oxygens (including phenoxy) is 1. The smallest absolute Gasteiger partial charge is 0.309 e. The summed E-state index contributed by atoms with van der Waals surface area (Å²) >= 11 is 0. The largest absolute Gasteiger partial charge is 0.469 e. The summed E-state index contributed by atoms with van der Waals surface area (Å²) in [5.74, 6) is 0.768. The first-order valence-corrected chi connectivity index (χ1v) is 4.62. The van der Waals surface area contributed by atoms with Crippen molar-refractivity contribution >= 4 is 5.97 Å². The lowest BCUT2D eigenvalue weighted by molar-refractivity contribution is -0.149. The highest BCUT2D eigenvalue weighted by Gasteiger charge is 2.27. The van der Waals surface area contributed by atoms with Gasteiger partial charge < -0.3 is 4.74 Å². The van der Waals surface area contributed by atoms with Gasteiger partial charge >= 0.3 is 5.97 Å². The van der Waals surface area contributed by atoms with Crippen LogP contribution in [0.2, 0.25) is 0 Å². The van der Waals surface area contributed by atoms with Gasteiger partial charge in [-0.05, 0) is 11.8 Å². The van der Waals surface area contributed by atoms with E-state index in [1.54, 1.807) is 0 Å². The predicted octanol–water partition coefficient (Wildman–Crippen LogP) is 2.48. The van der Waals surface area contributed by atoms with Gasteiger partial charge in [0.1, 0.15) is 0 Å². The molecule has 0 saturated heterocycles. The summed E-state index contributed by atoms with van der Waals surface area (Å²) in [5.41, 5.74) is 0. The lowest BCUT2D eigenvalue weighted by Crippen LogP contribution is -2.27. The molecular weight excluding hydrogens is 152 g/mol. The van der Waals surface area contributed by atoms with Crippen LogP contribution >= 0.6 is 0 Å². The lowest BCUT2D eigenvalue weighted by Gasteiger charge is -2.23. The van der Waals surface area contributed by atoms with Crippen molar-refractivity contribution in [1.29, 1.82) is 0 Å². The fraction of sp³-hybridized carbons (Fsp3) is 0.900. The second-order valence-corrected chi connectivity index (χ2v) is 3.68. The Labute approximate surface area is 75.3 Å². The Bertz CT molecular complexity index is 141. The van der Waals surface area contributed by atoms with E-state index >= 15 is 0 Å². The highest BCUT2D eigenvalue weighted by molar-refractivity contribution is 5.72. The van der Waals surface area contributed by atoms with Crippen LogP contribution in [0.25, 0.3) is 0 Å². The molecule has 0 spiro atoms. The number of carbonyl (C=O) groups excluding carboxylic acids is 1. The zero-order valence-corrected chi connectivity index (χ0v) is 8.76. The molecule has 0 aromatic rings. The molecule has 0 aliphatic rings. The van der Waals surface area contributed by atoms with Gasteiger partial charge in [0.25, 0.3) is 0 Å². The molecule has 2 atom stereocenters. The highest BCUT2D eigenvalue weighted by Crippen LogP contribution is 2.24. The monoisotopic (exact) mass is 172 g/mol. The third kappa shape index (κ3) is 2.84. The Morgan fingerprint density at radius 2 is 1.83 bits per heavy atom. The van der Waals surface area contributed by atoms with Crippen LogP contribution in [-0.4, -0.2) is 13.1 Å². The molecule has 72 valence electrons. The molecule has 0 rings (SSSR count). The van der Waals surface area contributed by atoms with Crippen LogP contribution in [0.3, 0.4) is 0 Å². The van der Waals surface area contributed by atoms with Gasteiger partial charge in [0.15, 0.2) is 0 Å². The maximum Gasteiger partial charge on any atom is 0.309 e. The molecule has 0 bridgehead atoms. The Morgan fingerprint density at radius 1 is 1.33 bits per heavy atom. The maximum atomic E-state index is 11.3. The van der Waals surface area contributed by atoms with E-state index in [-0.39, 0.29) is 11.9 Å². The second-order valence-electron chi connectivity index (χ2n) is 3.68. The summed E-state index contributed by atoms with van der Waals surface area (Å²) in [6, 6.07) is 0. The van der Waals surface area contributed by atoms with Gasteiger partial charge in [0.2, 0.25) is 0 Å². The molecule has 0 fully saturated rings. The maximum absolute atomic E-state index is 11.3. The van der Waals surface area contributed by atoms with Crippen molar-refractivity contribution in [1.82, 2.24) is 0 Å². The van der Waals surface area contributed by atoms with Crippen LogP contribution in [0.1, 0.15) is 34.1 Å². The van der Waals surface area contributed by atoms with Crippen LogP contribution in [0.4, 0.5) is 0 Å². The molecule has 0 aliphatic heterocycles. The van der Waals surface area contributed by atoms with Crippen molar-refractivity contribution in [2.75, 3.05) is 7.11 Å². The Morgan fingerprint density at radius 3 is 2.08 bits per heavy atom. The summed E-state index contributed by atoms with van der Waals surface area (Å²) in [6.45, 7) is 8.33. The van der Waals surface area contributed by atoms with Crippen LogP contribution in [0.15, 0.2) is 0 Å². The number of hydrogen-bond donors (Lipinski definition) is 0. The van der Waals surface area contributed by atoms with E-state index in [0.717, 1.165) is 6.42 Å². The molecule has 0 unspecified atom stereocenters. The van der Waals surface area contributed by atoms with E-state index in [1.165, 1.54) is 7.11 Å². The summed E-state index contributed by atoms with van der Waals surface area (Å²) in [4.78, 5) is 11.3. The molecular formula is C10H20O2. The van der Waals surface area contributed by atoms with Gasteiger partial charge in [-0.2, -0.15) is 0 Å². The highest BCUT2D eigenvalue weighted by atomic mass is 16.5. The molecule has 0 amide bonds. The van der Waals surface area contributed by atoms with Gasteiger partial charge in [-0.3, -0.25) is 4.79 Å². The number of carbonyl (C=O) groups is 1. The van der Waals surface area contributed by atoms with Gasteiger partial charge in [-0.1, -0.05) is 34.1 Å². The first-order valence-electron chi connectivity index (χ1n) is 4.62. The van der Waals surface area contributed by atoms with Crippen LogP contribution < -0.4 is 0 Å². The average Bonchev–Trinajstić information content (AvgIpc) is 2.03. The van der Waals surface area contributed by atoms with Crippen molar-refractivity contribution in [2.45, 2.75) is 34.1 Å². The molecule has 0 aromatic heterocycles. The van der Waals surface area contributed by atoms with Gasteiger partial charge in [0, 0.05) is 0 Å². The molecule has 0 aliphatic carbocycles. The van der Waals surface area contributed by atoms with Crippen molar-refractivity contribution in [3.63, 3.8) is 0 Å². The van der Waals surface area contributed by atoms with Crippen molar-refractivity contribution in [3.05, 3.63) is 0 Å². The number of esters is 1. The van der Waals surface area contributed by atoms with Gasteiger partial charge in [0.05, 0.1) is 13.0 Å². The summed E-state index contributed by atoms with van der Waals surface area (Å²) in [7, 11) is 1.46. The van der Waals surface area contributed by atoms with Crippen molar-refractivity contribution in [2.24, 2.45) is 17.8 Å². The third-order valence-electron chi connectivity index (χ3n) is 2.45. The molecule has 0 aromatic carbocycles. The quantitative estimate of drug-likeness (QED) is 0.609. The Kier molecular flexibility index (Phi) is 4.95. The molecule has 0 radical (unpaired) electrons. The molecule has 0 heterocycles. The normalized spacial score (nSPS) is 15.8. The minimum Gasteiger partial charge on any atom is -0.469 e. The average molecular weight is 172 g/mol. The van der Waals surface area contributed by atoms with E-state index in [2.05, 4.69) is 27.7 Å². The molecule has 0 N–H and O–H groups in total. The molecule has 0 saturated carbocycles. The van der Waals surface area contributed by atoms with Gasteiger partial charge in [-0.25, -0.2) is 0 Å². The van der Waals surface area contributed by atoms with E-state index in [1.807, 2.05) is 0 Å². The number of rotatable bonds is 4. The Hall–Kier alpha value is -0.530. The van der Waals surface area contributed by atoms with E-state index < -0.39 is 0 Å². The summed E-state index contributed by atoms with van der Waals surface area (Å²) < 4.78 is 4.76. The fourth-order valence-corrected chi connectivity index (χ4v) is 1.55. The van der Waals surface area contributed by atoms with E-state index in [9.17, 15) is 4.79 Å². The summed E-state index contributed by atoms with van der Waals surface area (Å²) in [5, 5.41) is 0. The van der Waals surface area contributed by atoms with Crippen LogP contribution in [0, 0.1) is 17.8 Å².